The normalized spacial score (nSPS) is 10.2. The molecule has 0 aliphatic carbocycles. The number of methoxy groups -OCH3 is 1. The van der Waals surface area contributed by atoms with E-state index in [1.54, 1.807) is 24.3 Å². The van der Waals surface area contributed by atoms with Crippen LogP contribution >= 0.6 is 0 Å². The molecule has 0 radical (unpaired) electrons. The van der Waals surface area contributed by atoms with E-state index in [-0.39, 0.29) is 12.3 Å². The van der Waals surface area contributed by atoms with E-state index in [4.69, 9.17) is 4.74 Å². The summed E-state index contributed by atoms with van der Waals surface area (Å²) in [7, 11) is 1.26. The molecule has 6 nitrogen and oxygen atoms in total. The Bertz CT molecular complexity index is 638. The highest BCUT2D eigenvalue weighted by Crippen LogP contribution is 2.32. The molecule has 2 aromatic rings. The molecule has 0 amide bonds. The quantitative estimate of drug-likeness (QED) is 0.479. The van der Waals surface area contributed by atoms with Crippen LogP contribution in [-0.2, 0) is 9.53 Å². The third-order valence-corrected chi connectivity index (χ3v) is 2.63. The summed E-state index contributed by atoms with van der Waals surface area (Å²) in [5, 5.41) is 12.0. The van der Waals surface area contributed by atoms with Crippen LogP contribution in [0.5, 0.6) is 5.75 Å². The number of carbonyl (C=O) groups is 1. The SMILES string of the molecule is COC(=O)COc1ccc([N+](=O)[O-])c2ccccc12. The van der Waals surface area contributed by atoms with Crippen molar-refractivity contribution >= 4 is 22.4 Å². The lowest BCUT2D eigenvalue weighted by Crippen LogP contribution is -2.12. The number of nitro groups is 1. The Morgan fingerprint density at radius 3 is 2.53 bits per heavy atom. The first kappa shape index (κ1) is 12.8. The smallest absolute Gasteiger partial charge is 0.343 e. The Morgan fingerprint density at radius 2 is 1.89 bits per heavy atom. The maximum absolute atomic E-state index is 11.0. The number of nitrogens with zero attached hydrogens (tertiary/aromatic N) is 1. The molecule has 0 aliphatic rings. The molecule has 0 N–H and O–H groups in total. The molecule has 0 aliphatic heterocycles. The number of non-ortho nitro benzene ring substituents is 1. The molecule has 0 atom stereocenters. The number of rotatable bonds is 4. The number of carbonyl (C=O) groups excluding carboxylic acids is 1. The van der Waals surface area contributed by atoms with Gasteiger partial charge in [-0.2, -0.15) is 0 Å². The molecule has 2 rings (SSSR count). The highest BCUT2D eigenvalue weighted by Gasteiger charge is 2.15. The summed E-state index contributed by atoms with van der Waals surface area (Å²) in [5.74, 6) is -0.103. The Morgan fingerprint density at radius 1 is 1.21 bits per heavy atom. The molecule has 0 aromatic heterocycles. The lowest BCUT2D eigenvalue weighted by Gasteiger charge is -2.08. The van der Waals surface area contributed by atoms with Crippen molar-refractivity contribution in [2.75, 3.05) is 13.7 Å². The van der Waals surface area contributed by atoms with Gasteiger partial charge in [-0.1, -0.05) is 18.2 Å². The number of fused-ring (bicyclic) bond motifs is 1. The monoisotopic (exact) mass is 261 g/mol. The Hall–Kier alpha value is -2.63. The van der Waals surface area contributed by atoms with Gasteiger partial charge in [0.25, 0.3) is 5.69 Å². The third kappa shape index (κ3) is 2.62. The van der Waals surface area contributed by atoms with Crippen molar-refractivity contribution in [3.05, 3.63) is 46.5 Å². The number of esters is 1. The molecule has 0 spiro atoms. The van der Waals surface area contributed by atoms with Crippen LogP contribution < -0.4 is 4.74 Å². The lowest BCUT2D eigenvalue weighted by molar-refractivity contribution is -0.383. The highest BCUT2D eigenvalue weighted by molar-refractivity contribution is 5.95. The van der Waals surface area contributed by atoms with Crippen molar-refractivity contribution in [1.82, 2.24) is 0 Å². The van der Waals surface area contributed by atoms with Gasteiger partial charge in [0.05, 0.1) is 17.4 Å². The second-order valence-corrected chi connectivity index (χ2v) is 3.75. The Labute approximate surface area is 108 Å². The number of hydrogen-bond acceptors (Lipinski definition) is 5. The summed E-state index contributed by atoms with van der Waals surface area (Å²) < 4.78 is 9.78. The lowest BCUT2D eigenvalue weighted by atomic mass is 10.1. The van der Waals surface area contributed by atoms with Gasteiger partial charge in [-0.15, -0.1) is 0 Å². The zero-order valence-electron chi connectivity index (χ0n) is 10.2. The van der Waals surface area contributed by atoms with Crippen molar-refractivity contribution in [3.63, 3.8) is 0 Å². The van der Waals surface area contributed by atoms with Crippen molar-refractivity contribution < 1.29 is 19.2 Å². The summed E-state index contributed by atoms with van der Waals surface area (Å²) in [5.41, 5.74) is 0.000943. The fraction of sp³-hybridized carbons (Fsp3) is 0.154. The molecule has 0 heterocycles. The molecule has 19 heavy (non-hydrogen) atoms. The summed E-state index contributed by atoms with van der Waals surface area (Å²) in [4.78, 5) is 21.5. The van der Waals surface area contributed by atoms with Crippen LogP contribution in [0.3, 0.4) is 0 Å². The maximum atomic E-state index is 11.0. The van der Waals surface area contributed by atoms with E-state index in [0.29, 0.717) is 16.5 Å². The van der Waals surface area contributed by atoms with E-state index in [1.807, 2.05) is 0 Å². The van der Waals surface area contributed by atoms with Gasteiger partial charge in [0.2, 0.25) is 0 Å². The zero-order chi connectivity index (χ0) is 13.8. The minimum atomic E-state index is -0.512. The summed E-state index contributed by atoms with van der Waals surface area (Å²) in [6.45, 7) is -0.238. The van der Waals surface area contributed by atoms with E-state index in [9.17, 15) is 14.9 Å². The minimum Gasteiger partial charge on any atom is -0.481 e. The average Bonchev–Trinajstić information content (AvgIpc) is 2.43. The fourth-order valence-corrected chi connectivity index (χ4v) is 1.74. The summed E-state index contributed by atoms with van der Waals surface area (Å²) in [6.07, 6.45) is 0. The van der Waals surface area contributed by atoms with Gasteiger partial charge in [-0.05, 0) is 12.1 Å². The summed E-state index contributed by atoms with van der Waals surface area (Å²) >= 11 is 0. The van der Waals surface area contributed by atoms with Crippen LogP contribution in [0.1, 0.15) is 0 Å². The van der Waals surface area contributed by atoms with E-state index >= 15 is 0 Å². The molecular weight excluding hydrogens is 250 g/mol. The van der Waals surface area contributed by atoms with Crippen molar-refractivity contribution in [2.24, 2.45) is 0 Å². The molecule has 6 heteroatoms. The molecule has 0 fully saturated rings. The van der Waals surface area contributed by atoms with Crippen LogP contribution in [0.2, 0.25) is 0 Å². The van der Waals surface area contributed by atoms with Crippen LogP contribution in [0.15, 0.2) is 36.4 Å². The van der Waals surface area contributed by atoms with Crippen molar-refractivity contribution in [3.8, 4) is 5.75 Å². The predicted octanol–water partition coefficient (Wildman–Crippen LogP) is 2.30. The van der Waals surface area contributed by atoms with E-state index in [1.165, 1.54) is 19.2 Å². The summed E-state index contributed by atoms with van der Waals surface area (Å²) in [6, 6.07) is 9.63. The largest absolute Gasteiger partial charge is 0.481 e. The standard InChI is InChI=1S/C13H11NO5/c1-18-13(15)8-19-12-7-6-11(14(16)17)9-4-2-3-5-10(9)12/h2-7H,8H2,1H3. The Balaban J connectivity index is 2.44. The first-order valence-corrected chi connectivity index (χ1v) is 5.49. The Kier molecular flexibility index (Phi) is 3.61. The fourth-order valence-electron chi connectivity index (χ4n) is 1.74. The predicted molar refractivity (Wildman–Crippen MR) is 68.1 cm³/mol. The number of hydrogen-bond donors (Lipinski definition) is 0. The van der Waals surface area contributed by atoms with Crippen LogP contribution in [0.25, 0.3) is 10.8 Å². The van der Waals surface area contributed by atoms with E-state index in [0.717, 1.165) is 0 Å². The van der Waals surface area contributed by atoms with Crippen molar-refractivity contribution in [1.29, 1.82) is 0 Å². The molecule has 0 bridgehead atoms. The molecule has 0 saturated heterocycles. The van der Waals surface area contributed by atoms with Gasteiger partial charge >= 0.3 is 5.97 Å². The number of benzene rings is 2. The topological polar surface area (TPSA) is 78.7 Å². The van der Waals surface area contributed by atoms with Gasteiger partial charge in [0.1, 0.15) is 5.75 Å². The van der Waals surface area contributed by atoms with Crippen molar-refractivity contribution in [2.45, 2.75) is 0 Å². The molecule has 98 valence electrons. The first-order valence-electron chi connectivity index (χ1n) is 5.49. The van der Waals surface area contributed by atoms with E-state index in [2.05, 4.69) is 4.74 Å². The maximum Gasteiger partial charge on any atom is 0.343 e. The minimum absolute atomic E-state index is 0.000943. The van der Waals surface area contributed by atoms with Crippen LogP contribution in [0.4, 0.5) is 5.69 Å². The highest BCUT2D eigenvalue weighted by atomic mass is 16.6. The molecule has 0 saturated carbocycles. The van der Waals surface area contributed by atoms with Gasteiger partial charge < -0.3 is 9.47 Å². The second-order valence-electron chi connectivity index (χ2n) is 3.75. The molecule has 0 unspecified atom stereocenters. The molecule has 2 aromatic carbocycles. The zero-order valence-corrected chi connectivity index (χ0v) is 10.2. The van der Waals surface area contributed by atoms with Gasteiger partial charge in [0, 0.05) is 11.5 Å². The average molecular weight is 261 g/mol. The third-order valence-electron chi connectivity index (χ3n) is 2.63. The molecular formula is C13H11NO5. The van der Waals surface area contributed by atoms with Gasteiger partial charge in [0.15, 0.2) is 6.61 Å². The van der Waals surface area contributed by atoms with Crippen LogP contribution in [0, 0.1) is 10.1 Å². The number of ether oxygens (including phenoxy) is 2. The number of nitro benzene ring substituents is 1. The first-order chi connectivity index (χ1) is 9.13. The van der Waals surface area contributed by atoms with Crippen LogP contribution in [-0.4, -0.2) is 24.6 Å². The van der Waals surface area contributed by atoms with Gasteiger partial charge in [-0.3, -0.25) is 10.1 Å². The second kappa shape index (κ2) is 5.34. The van der Waals surface area contributed by atoms with E-state index < -0.39 is 10.9 Å². The van der Waals surface area contributed by atoms with Gasteiger partial charge in [-0.25, -0.2) is 4.79 Å².